The normalized spacial score (nSPS) is 20.1. The van der Waals surface area contributed by atoms with Crippen molar-refractivity contribution in [2.24, 2.45) is 0 Å². The Morgan fingerprint density at radius 3 is 2.88 bits per heavy atom. The first-order valence-electron chi connectivity index (χ1n) is 9.59. The Kier molecular flexibility index (Phi) is 5.31. The third kappa shape index (κ3) is 3.60. The fraction of sp³-hybridized carbons (Fsp3) is 0.200. The first kappa shape index (κ1) is 20.5. The largest absolute Gasteiger partial charge is 0.477 e. The Labute approximate surface area is 189 Å². The molecule has 4 heterocycles. The quantitative estimate of drug-likeness (QED) is 0.361. The molecule has 0 aliphatic carbocycles. The van der Waals surface area contributed by atoms with Gasteiger partial charge in [0, 0.05) is 10.7 Å². The minimum atomic E-state index is -1.20. The lowest BCUT2D eigenvalue weighted by molar-refractivity contribution is -0.150. The zero-order valence-electron chi connectivity index (χ0n) is 16.4. The van der Waals surface area contributed by atoms with E-state index in [0.717, 1.165) is 5.56 Å². The summed E-state index contributed by atoms with van der Waals surface area (Å²) in [5.41, 5.74) is 1.31. The van der Waals surface area contributed by atoms with Crippen molar-refractivity contribution in [3.05, 3.63) is 59.0 Å². The van der Waals surface area contributed by atoms with Crippen LogP contribution in [0.4, 0.5) is 0 Å². The molecule has 1 unspecified atom stereocenters. The van der Waals surface area contributed by atoms with Crippen molar-refractivity contribution < 1.29 is 19.5 Å². The molecule has 32 heavy (non-hydrogen) atoms. The SMILES string of the molecule is O=C(Cc1ccccc1)NC1C(=O)N2C(C(=O)O)=C(Sc3ncnc4[nH]ncc34)CS[C@H]12. The molecule has 0 bridgehead atoms. The molecule has 0 saturated carbocycles. The van der Waals surface area contributed by atoms with Crippen LogP contribution in [0.3, 0.4) is 0 Å². The highest BCUT2D eigenvalue weighted by Gasteiger charge is 2.54. The van der Waals surface area contributed by atoms with Crippen LogP contribution in [0.15, 0.2) is 58.5 Å². The zero-order valence-corrected chi connectivity index (χ0v) is 18.0. The maximum atomic E-state index is 12.8. The van der Waals surface area contributed by atoms with Gasteiger partial charge in [0.2, 0.25) is 5.91 Å². The Morgan fingerprint density at radius 2 is 2.09 bits per heavy atom. The molecule has 5 rings (SSSR count). The average molecular weight is 469 g/mol. The van der Waals surface area contributed by atoms with Crippen LogP contribution in [-0.2, 0) is 20.8 Å². The van der Waals surface area contributed by atoms with Gasteiger partial charge in [-0.25, -0.2) is 14.8 Å². The second-order valence-electron chi connectivity index (χ2n) is 7.11. The van der Waals surface area contributed by atoms with Gasteiger partial charge in [-0.2, -0.15) is 5.10 Å². The number of aliphatic carboxylic acids is 1. The average Bonchev–Trinajstić information content (AvgIpc) is 3.27. The van der Waals surface area contributed by atoms with Crippen LogP contribution < -0.4 is 5.32 Å². The summed E-state index contributed by atoms with van der Waals surface area (Å²) in [7, 11) is 0. The lowest BCUT2D eigenvalue weighted by atomic mass is 10.0. The third-order valence-corrected chi connectivity index (χ3v) is 7.66. The number of rotatable bonds is 6. The van der Waals surface area contributed by atoms with Gasteiger partial charge < -0.3 is 10.4 Å². The first-order chi connectivity index (χ1) is 15.5. The van der Waals surface area contributed by atoms with Gasteiger partial charge in [0.15, 0.2) is 5.65 Å². The number of hydrogen-bond acceptors (Lipinski definition) is 8. The van der Waals surface area contributed by atoms with Crippen LogP contribution in [0.5, 0.6) is 0 Å². The molecule has 2 atom stereocenters. The molecular weight excluding hydrogens is 452 g/mol. The van der Waals surface area contributed by atoms with Crippen LogP contribution in [0.25, 0.3) is 11.0 Å². The fourth-order valence-electron chi connectivity index (χ4n) is 3.62. The molecule has 2 aromatic heterocycles. The standard InChI is InChI=1S/C20H16N6O4S2/c27-13(6-10-4-2-1-3-5-10)24-14-18(28)26-15(20(29)30)12(8-31-19(14)26)32-17-11-7-23-25-16(11)21-9-22-17/h1-5,7,9,14,19H,6,8H2,(H,24,27)(H,29,30)(H,21,22,23,25)/t14?,19-/m1/s1. The number of carbonyl (C=O) groups is 3. The predicted molar refractivity (Wildman–Crippen MR) is 117 cm³/mol. The summed E-state index contributed by atoms with van der Waals surface area (Å²) < 4.78 is 0. The van der Waals surface area contributed by atoms with E-state index in [4.69, 9.17) is 0 Å². The van der Waals surface area contributed by atoms with Crippen molar-refractivity contribution in [1.29, 1.82) is 0 Å². The number of thioether (sulfide) groups is 2. The van der Waals surface area contributed by atoms with Gasteiger partial charge in [-0.15, -0.1) is 11.8 Å². The minimum absolute atomic E-state index is 0.0763. The van der Waals surface area contributed by atoms with Gasteiger partial charge in [-0.1, -0.05) is 42.1 Å². The van der Waals surface area contributed by atoms with E-state index in [-0.39, 0.29) is 18.0 Å². The molecule has 12 heteroatoms. The molecule has 1 fully saturated rings. The van der Waals surface area contributed by atoms with E-state index in [2.05, 4.69) is 25.5 Å². The van der Waals surface area contributed by atoms with Gasteiger partial charge in [0.05, 0.1) is 18.0 Å². The molecule has 2 aliphatic rings. The van der Waals surface area contributed by atoms with E-state index in [1.54, 1.807) is 6.20 Å². The van der Waals surface area contributed by atoms with Crippen molar-refractivity contribution >= 4 is 52.3 Å². The van der Waals surface area contributed by atoms with Gasteiger partial charge in [0.25, 0.3) is 5.91 Å². The van der Waals surface area contributed by atoms with E-state index in [1.807, 2.05) is 30.3 Å². The van der Waals surface area contributed by atoms with Gasteiger partial charge >= 0.3 is 5.97 Å². The molecule has 3 N–H and O–H groups in total. The number of β-lactam (4-membered cyclic amide) rings is 1. The smallest absolute Gasteiger partial charge is 0.353 e. The Hall–Kier alpha value is -3.38. The molecule has 2 aliphatic heterocycles. The monoisotopic (exact) mass is 468 g/mol. The zero-order chi connectivity index (χ0) is 22.2. The summed E-state index contributed by atoms with van der Waals surface area (Å²) in [6.07, 6.45) is 3.10. The molecule has 2 amide bonds. The number of benzene rings is 1. The molecule has 0 spiro atoms. The van der Waals surface area contributed by atoms with Crippen molar-refractivity contribution in [1.82, 2.24) is 30.4 Å². The highest BCUT2D eigenvalue weighted by molar-refractivity contribution is 8.06. The molecule has 162 valence electrons. The summed E-state index contributed by atoms with van der Waals surface area (Å²) in [6, 6.07) is 8.46. The van der Waals surface area contributed by atoms with Crippen molar-refractivity contribution in [3.63, 3.8) is 0 Å². The molecular formula is C20H16N6O4S2. The highest BCUT2D eigenvalue weighted by Crippen LogP contribution is 2.45. The number of nitrogens with one attached hydrogen (secondary N) is 2. The number of aromatic nitrogens is 4. The second kappa shape index (κ2) is 8.28. The highest BCUT2D eigenvalue weighted by atomic mass is 32.2. The number of fused-ring (bicyclic) bond motifs is 2. The maximum Gasteiger partial charge on any atom is 0.353 e. The lowest BCUT2D eigenvalue weighted by Crippen LogP contribution is -2.70. The number of aromatic amines is 1. The van der Waals surface area contributed by atoms with Crippen molar-refractivity contribution in [2.45, 2.75) is 22.9 Å². The number of nitrogens with zero attached hydrogens (tertiary/aromatic N) is 4. The number of hydrogen-bond donors (Lipinski definition) is 3. The molecule has 10 nitrogen and oxygen atoms in total. The molecule has 1 aromatic carbocycles. The van der Waals surface area contributed by atoms with E-state index in [9.17, 15) is 19.5 Å². The van der Waals surface area contributed by atoms with E-state index in [0.29, 0.717) is 26.7 Å². The summed E-state index contributed by atoms with van der Waals surface area (Å²) in [5.74, 6) is -1.54. The molecule has 0 radical (unpaired) electrons. The van der Waals surface area contributed by atoms with Crippen LogP contribution >= 0.6 is 23.5 Å². The number of H-pyrrole nitrogens is 1. The fourth-order valence-corrected chi connectivity index (χ4v) is 6.12. The van der Waals surface area contributed by atoms with Crippen molar-refractivity contribution in [2.75, 3.05) is 5.75 Å². The second-order valence-corrected chi connectivity index (χ2v) is 9.30. The van der Waals surface area contributed by atoms with Gasteiger partial charge in [0.1, 0.15) is 28.5 Å². The summed E-state index contributed by atoms with van der Waals surface area (Å²) in [4.78, 5) is 47.4. The molecule has 1 saturated heterocycles. The van der Waals surface area contributed by atoms with Crippen LogP contribution in [0.2, 0.25) is 0 Å². The van der Waals surface area contributed by atoms with E-state index >= 15 is 0 Å². The topological polar surface area (TPSA) is 141 Å². The van der Waals surface area contributed by atoms with Crippen LogP contribution in [-0.4, -0.2) is 65.1 Å². The van der Waals surface area contributed by atoms with Crippen molar-refractivity contribution in [3.8, 4) is 0 Å². The summed E-state index contributed by atoms with van der Waals surface area (Å²) in [6.45, 7) is 0. The maximum absolute atomic E-state index is 12.8. The minimum Gasteiger partial charge on any atom is -0.477 e. The summed E-state index contributed by atoms with van der Waals surface area (Å²) in [5, 5.41) is 20.1. The van der Waals surface area contributed by atoms with E-state index < -0.39 is 23.3 Å². The Balaban J connectivity index is 1.35. The van der Waals surface area contributed by atoms with E-state index in [1.165, 1.54) is 34.8 Å². The number of carboxylic acid groups (broad SMARTS) is 1. The van der Waals surface area contributed by atoms with Gasteiger partial charge in [-0.3, -0.25) is 19.6 Å². The predicted octanol–water partition coefficient (Wildman–Crippen LogP) is 1.38. The van der Waals surface area contributed by atoms with Crippen LogP contribution in [0.1, 0.15) is 5.56 Å². The van der Waals surface area contributed by atoms with Gasteiger partial charge in [-0.05, 0) is 5.56 Å². The number of carboxylic acids is 1. The third-order valence-electron chi connectivity index (χ3n) is 5.09. The van der Waals surface area contributed by atoms with Crippen LogP contribution in [0, 0.1) is 0 Å². The number of carbonyl (C=O) groups excluding carboxylic acids is 2. The Morgan fingerprint density at radius 1 is 1.28 bits per heavy atom. The Bertz CT molecular complexity index is 1260. The molecule has 3 aromatic rings. The lowest BCUT2D eigenvalue weighted by Gasteiger charge is -2.49. The summed E-state index contributed by atoms with van der Waals surface area (Å²) >= 11 is 2.59. The first-order valence-corrected chi connectivity index (χ1v) is 11.5. The number of amides is 2.